The van der Waals surface area contributed by atoms with Crippen LogP contribution in [0.2, 0.25) is 5.02 Å². The lowest BCUT2D eigenvalue weighted by Crippen LogP contribution is -1.93. The van der Waals surface area contributed by atoms with E-state index < -0.39 is 5.82 Å². The molecular weight excluding hydrogens is 143 g/mol. The fourth-order valence-corrected chi connectivity index (χ4v) is 0.588. The summed E-state index contributed by atoms with van der Waals surface area (Å²) < 4.78 is 12.4. The molecule has 0 aliphatic carbocycles. The van der Waals surface area contributed by atoms with E-state index in [1.807, 2.05) is 0 Å². The van der Waals surface area contributed by atoms with Crippen LogP contribution in [0.4, 0.5) is 10.2 Å². The van der Waals surface area contributed by atoms with Gasteiger partial charge in [-0.3, -0.25) is 0 Å². The molecule has 0 saturated heterocycles. The Labute approximate surface area is 56.5 Å². The second kappa shape index (κ2) is 2.19. The smallest absolute Gasteiger partial charge is 0.183 e. The Bertz CT molecular complexity index is 206. The highest BCUT2D eigenvalue weighted by atomic mass is 35.5. The molecule has 0 saturated carbocycles. The molecule has 9 heavy (non-hydrogen) atoms. The first-order valence-corrected chi connectivity index (χ1v) is 2.65. The number of aromatic nitrogens is 1. The molecule has 4 heteroatoms. The number of nitrogen functional groups attached to an aromatic ring is 1. The normalized spacial score (nSPS) is 9.56. The van der Waals surface area contributed by atoms with Crippen LogP contribution in [0.15, 0.2) is 12.3 Å². The molecule has 0 unspecified atom stereocenters. The van der Waals surface area contributed by atoms with Crippen LogP contribution in [0.1, 0.15) is 0 Å². The van der Waals surface area contributed by atoms with Gasteiger partial charge in [-0.05, 0) is 6.07 Å². The number of halogens is 2. The first kappa shape index (κ1) is 6.29. The number of nitrogens with zero attached hydrogens (tertiary/aromatic N) is 1. The summed E-state index contributed by atoms with van der Waals surface area (Å²) in [5.74, 6) is -0.818. The minimum absolute atomic E-state index is 0.00231. The van der Waals surface area contributed by atoms with Crippen molar-refractivity contribution in [2.75, 3.05) is 5.73 Å². The first-order valence-electron chi connectivity index (χ1n) is 2.27. The van der Waals surface area contributed by atoms with E-state index in [0.717, 1.165) is 0 Å². The molecule has 0 spiro atoms. The van der Waals surface area contributed by atoms with Crippen LogP contribution in [-0.4, -0.2) is 4.98 Å². The molecule has 0 aromatic carbocycles. The topological polar surface area (TPSA) is 38.9 Å². The lowest BCUT2D eigenvalue weighted by Gasteiger charge is -1.93. The SMILES string of the molecule is Nc1nccc(Cl)c1F. The number of hydrogen-bond donors (Lipinski definition) is 1. The van der Waals surface area contributed by atoms with Gasteiger partial charge in [-0.25, -0.2) is 9.37 Å². The Balaban J connectivity index is 3.25. The molecule has 2 nitrogen and oxygen atoms in total. The third-order valence-electron chi connectivity index (χ3n) is 0.869. The third-order valence-corrected chi connectivity index (χ3v) is 1.16. The minimum atomic E-state index is -0.654. The van der Waals surface area contributed by atoms with Crippen molar-refractivity contribution in [1.82, 2.24) is 4.98 Å². The zero-order valence-corrected chi connectivity index (χ0v) is 5.19. The van der Waals surface area contributed by atoms with Gasteiger partial charge in [-0.15, -0.1) is 0 Å². The highest BCUT2D eigenvalue weighted by molar-refractivity contribution is 6.30. The lowest BCUT2D eigenvalue weighted by molar-refractivity contribution is 0.627. The van der Waals surface area contributed by atoms with Gasteiger partial charge in [-0.1, -0.05) is 11.6 Å². The molecule has 0 fully saturated rings. The minimum Gasteiger partial charge on any atom is -0.381 e. The summed E-state index contributed by atoms with van der Waals surface area (Å²) >= 11 is 5.32. The summed E-state index contributed by atoms with van der Waals surface area (Å²) in [6, 6.07) is 1.34. The predicted molar refractivity (Wildman–Crippen MR) is 33.6 cm³/mol. The molecule has 0 aliphatic rings. The molecule has 0 aliphatic heterocycles. The molecule has 0 atom stereocenters. The van der Waals surface area contributed by atoms with Gasteiger partial charge >= 0.3 is 0 Å². The van der Waals surface area contributed by atoms with Crippen molar-refractivity contribution in [3.05, 3.63) is 23.1 Å². The van der Waals surface area contributed by atoms with E-state index >= 15 is 0 Å². The van der Waals surface area contributed by atoms with E-state index in [9.17, 15) is 4.39 Å². The van der Waals surface area contributed by atoms with Crippen LogP contribution in [0.25, 0.3) is 0 Å². The maximum absolute atomic E-state index is 12.4. The van der Waals surface area contributed by atoms with E-state index in [1.54, 1.807) is 0 Å². The van der Waals surface area contributed by atoms with Gasteiger partial charge in [0.05, 0.1) is 5.02 Å². The molecule has 0 bridgehead atoms. The maximum Gasteiger partial charge on any atom is 0.183 e. The second-order valence-corrected chi connectivity index (χ2v) is 1.90. The molecule has 0 radical (unpaired) electrons. The van der Waals surface area contributed by atoms with E-state index in [-0.39, 0.29) is 10.8 Å². The Morgan fingerprint density at radius 1 is 1.67 bits per heavy atom. The number of pyridine rings is 1. The Morgan fingerprint density at radius 3 is 2.78 bits per heavy atom. The Morgan fingerprint density at radius 2 is 2.33 bits per heavy atom. The summed E-state index contributed by atoms with van der Waals surface area (Å²) in [6.07, 6.45) is 1.35. The summed E-state index contributed by atoms with van der Waals surface area (Å²) in [4.78, 5) is 3.46. The zero-order valence-electron chi connectivity index (χ0n) is 4.44. The van der Waals surface area contributed by atoms with Gasteiger partial charge in [0.1, 0.15) is 0 Å². The van der Waals surface area contributed by atoms with E-state index in [2.05, 4.69) is 4.98 Å². The molecule has 1 aromatic heterocycles. The number of anilines is 1. The van der Waals surface area contributed by atoms with Crippen molar-refractivity contribution in [2.45, 2.75) is 0 Å². The number of nitrogens with two attached hydrogens (primary N) is 1. The number of rotatable bonds is 0. The van der Waals surface area contributed by atoms with Gasteiger partial charge in [0, 0.05) is 6.20 Å². The molecule has 1 rings (SSSR count). The zero-order chi connectivity index (χ0) is 6.85. The van der Waals surface area contributed by atoms with Crippen molar-refractivity contribution in [2.24, 2.45) is 0 Å². The molecular formula is C5H4ClFN2. The average Bonchev–Trinajstić information content (AvgIpc) is 1.83. The largest absolute Gasteiger partial charge is 0.381 e. The van der Waals surface area contributed by atoms with E-state index in [0.29, 0.717) is 0 Å². The Hall–Kier alpha value is -0.830. The summed E-state index contributed by atoms with van der Waals surface area (Å²) in [5, 5.41) is 0.00231. The maximum atomic E-state index is 12.4. The van der Waals surface area contributed by atoms with Crippen molar-refractivity contribution >= 4 is 17.4 Å². The standard InChI is InChI=1S/C5H4ClFN2/c6-3-1-2-9-5(8)4(3)7/h1-2H,(H2,8,9). The summed E-state index contributed by atoms with van der Waals surface area (Å²) in [6.45, 7) is 0. The van der Waals surface area contributed by atoms with E-state index in [1.165, 1.54) is 12.3 Å². The Kier molecular flexibility index (Phi) is 1.53. The molecule has 48 valence electrons. The van der Waals surface area contributed by atoms with Gasteiger partial charge in [0.2, 0.25) is 0 Å². The summed E-state index contributed by atoms with van der Waals surface area (Å²) in [5.41, 5.74) is 5.05. The van der Waals surface area contributed by atoms with Gasteiger partial charge in [0.25, 0.3) is 0 Å². The average molecular weight is 147 g/mol. The highest BCUT2D eigenvalue weighted by Gasteiger charge is 2.01. The van der Waals surface area contributed by atoms with Crippen molar-refractivity contribution in [3.8, 4) is 0 Å². The van der Waals surface area contributed by atoms with Crippen LogP contribution < -0.4 is 5.73 Å². The third kappa shape index (κ3) is 1.10. The molecule has 1 heterocycles. The van der Waals surface area contributed by atoms with Crippen LogP contribution in [0.5, 0.6) is 0 Å². The van der Waals surface area contributed by atoms with Crippen LogP contribution in [-0.2, 0) is 0 Å². The van der Waals surface area contributed by atoms with Crippen LogP contribution in [0, 0.1) is 5.82 Å². The van der Waals surface area contributed by atoms with Crippen molar-refractivity contribution in [1.29, 1.82) is 0 Å². The quantitative estimate of drug-likeness (QED) is 0.602. The van der Waals surface area contributed by atoms with Crippen molar-refractivity contribution < 1.29 is 4.39 Å². The van der Waals surface area contributed by atoms with Crippen LogP contribution in [0.3, 0.4) is 0 Å². The molecule has 1 aromatic rings. The molecule has 2 N–H and O–H groups in total. The second-order valence-electron chi connectivity index (χ2n) is 1.49. The lowest BCUT2D eigenvalue weighted by atomic mass is 10.4. The van der Waals surface area contributed by atoms with Crippen LogP contribution >= 0.6 is 11.6 Å². The summed E-state index contributed by atoms with van der Waals surface area (Å²) in [7, 11) is 0. The fourth-order valence-electron chi connectivity index (χ4n) is 0.435. The number of hydrogen-bond acceptors (Lipinski definition) is 2. The van der Waals surface area contributed by atoms with E-state index in [4.69, 9.17) is 17.3 Å². The predicted octanol–water partition coefficient (Wildman–Crippen LogP) is 1.46. The van der Waals surface area contributed by atoms with Gasteiger partial charge < -0.3 is 5.73 Å². The fraction of sp³-hybridized carbons (Fsp3) is 0. The highest BCUT2D eigenvalue weighted by Crippen LogP contribution is 2.15. The van der Waals surface area contributed by atoms with Gasteiger partial charge in [-0.2, -0.15) is 0 Å². The van der Waals surface area contributed by atoms with Gasteiger partial charge in [0.15, 0.2) is 11.6 Å². The first-order chi connectivity index (χ1) is 4.22. The molecule has 0 amide bonds. The monoisotopic (exact) mass is 146 g/mol. The van der Waals surface area contributed by atoms with Crippen molar-refractivity contribution in [3.63, 3.8) is 0 Å².